The van der Waals surface area contributed by atoms with Crippen LogP contribution in [0.4, 0.5) is 0 Å². The highest BCUT2D eigenvalue weighted by Crippen LogP contribution is 2.35. The van der Waals surface area contributed by atoms with Gasteiger partial charge in [-0.2, -0.15) is 0 Å². The summed E-state index contributed by atoms with van der Waals surface area (Å²) in [5, 5.41) is 3.92. The number of carbonyl (C=O) groups is 1. The Balaban J connectivity index is 1.68. The van der Waals surface area contributed by atoms with Crippen molar-refractivity contribution >= 4 is 5.91 Å². The minimum absolute atomic E-state index is 0.0391. The highest BCUT2D eigenvalue weighted by atomic mass is 16.5. The highest BCUT2D eigenvalue weighted by molar-refractivity contribution is 5.94. The smallest absolute Gasteiger partial charge is 0.253 e. The van der Waals surface area contributed by atoms with E-state index in [1.165, 1.54) is 12.8 Å². The molecule has 0 N–H and O–H groups in total. The van der Waals surface area contributed by atoms with E-state index in [0.29, 0.717) is 23.8 Å². The predicted molar refractivity (Wildman–Crippen MR) is 91.0 cm³/mol. The lowest BCUT2D eigenvalue weighted by Crippen LogP contribution is -2.36. The zero-order chi connectivity index (χ0) is 17.3. The molecule has 1 unspecified atom stereocenters. The van der Waals surface area contributed by atoms with E-state index >= 15 is 0 Å². The Morgan fingerprint density at radius 3 is 2.79 bits per heavy atom. The fourth-order valence-electron chi connectivity index (χ4n) is 2.87. The third kappa shape index (κ3) is 3.45. The first-order chi connectivity index (χ1) is 11.5. The molecule has 1 atom stereocenters. The van der Waals surface area contributed by atoms with Crippen molar-refractivity contribution in [3.63, 3.8) is 0 Å². The molecule has 1 aliphatic rings. The average molecular weight is 328 g/mol. The Bertz CT molecular complexity index is 714. The third-order valence-electron chi connectivity index (χ3n) is 4.88. The number of aromatic nitrogens is 1. The summed E-state index contributed by atoms with van der Waals surface area (Å²) in [6.07, 6.45) is 2.44. The summed E-state index contributed by atoms with van der Waals surface area (Å²) in [4.78, 5) is 14.5. The molecule has 1 fully saturated rings. The van der Waals surface area contributed by atoms with Gasteiger partial charge in [0.1, 0.15) is 18.1 Å². The van der Waals surface area contributed by atoms with Crippen LogP contribution in [-0.2, 0) is 6.61 Å². The van der Waals surface area contributed by atoms with E-state index < -0.39 is 0 Å². The van der Waals surface area contributed by atoms with E-state index in [4.69, 9.17) is 9.26 Å². The summed E-state index contributed by atoms with van der Waals surface area (Å²) in [5.74, 6) is 2.13. The first kappa shape index (κ1) is 16.6. The lowest BCUT2D eigenvalue weighted by atomic mass is 10.1. The zero-order valence-corrected chi connectivity index (χ0v) is 14.7. The summed E-state index contributed by atoms with van der Waals surface area (Å²) >= 11 is 0. The van der Waals surface area contributed by atoms with Crippen LogP contribution in [0.2, 0.25) is 0 Å². The number of hydrogen-bond donors (Lipinski definition) is 0. The molecular weight excluding hydrogens is 304 g/mol. The molecule has 0 radical (unpaired) electrons. The lowest BCUT2D eigenvalue weighted by molar-refractivity contribution is 0.0727. The summed E-state index contributed by atoms with van der Waals surface area (Å²) < 4.78 is 11.0. The number of nitrogens with zero attached hydrogens (tertiary/aromatic N) is 2. The van der Waals surface area contributed by atoms with Gasteiger partial charge in [0, 0.05) is 18.7 Å². The molecule has 128 valence electrons. The van der Waals surface area contributed by atoms with E-state index in [1.807, 2.05) is 44.0 Å². The Labute approximate surface area is 142 Å². The van der Waals surface area contributed by atoms with Crippen LogP contribution in [-0.4, -0.2) is 29.1 Å². The summed E-state index contributed by atoms with van der Waals surface area (Å²) in [7, 11) is 1.88. The van der Waals surface area contributed by atoms with Crippen LogP contribution in [0.15, 0.2) is 28.8 Å². The maximum Gasteiger partial charge on any atom is 0.253 e. The van der Waals surface area contributed by atoms with Crippen molar-refractivity contribution in [1.82, 2.24) is 10.1 Å². The largest absolute Gasteiger partial charge is 0.489 e. The molecular formula is C19H24N2O3. The van der Waals surface area contributed by atoms with Crippen LogP contribution in [0, 0.1) is 19.8 Å². The van der Waals surface area contributed by atoms with Gasteiger partial charge in [-0.25, -0.2) is 0 Å². The van der Waals surface area contributed by atoms with E-state index in [0.717, 1.165) is 17.0 Å². The number of amides is 1. The average Bonchev–Trinajstić information content (AvgIpc) is 3.38. The van der Waals surface area contributed by atoms with Gasteiger partial charge in [-0.05, 0) is 57.7 Å². The second kappa shape index (κ2) is 6.67. The molecule has 5 nitrogen and oxygen atoms in total. The normalized spacial score (nSPS) is 15.2. The molecule has 1 aromatic heterocycles. The van der Waals surface area contributed by atoms with Crippen molar-refractivity contribution in [1.29, 1.82) is 0 Å². The molecule has 1 heterocycles. The lowest BCUT2D eigenvalue weighted by Gasteiger charge is -2.25. The zero-order valence-electron chi connectivity index (χ0n) is 14.7. The molecule has 2 aromatic rings. The maximum absolute atomic E-state index is 12.7. The highest BCUT2D eigenvalue weighted by Gasteiger charge is 2.32. The van der Waals surface area contributed by atoms with Crippen LogP contribution in [0.25, 0.3) is 0 Å². The van der Waals surface area contributed by atoms with Gasteiger partial charge in [0.25, 0.3) is 5.91 Å². The molecule has 0 aliphatic heterocycles. The number of aryl methyl sites for hydroxylation is 2. The molecule has 1 aliphatic carbocycles. The van der Waals surface area contributed by atoms with Gasteiger partial charge in [-0.15, -0.1) is 0 Å². The molecule has 3 rings (SSSR count). The third-order valence-corrected chi connectivity index (χ3v) is 4.88. The van der Waals surface area contributed by atoms with Gasteiger partial charge < -0.3 is 14.2 Å². The number of benzene rings is 1. The van der Waals surface area contributed by atoms with Gasteiger partial charge >= 0.3 is 0 Å². The molecule has 24 heavy (non-hydrogen) atoms. The Kier molecular flexibility index (Phi) is 4.60. The number of carbonyl (C=O) groups excluding carboxylic acids is 1. The minimum atomic E-state index is 0.0391. The first-order valence-electron chi connectivity index (χ1n) is 8.39. The molecule has 0 spiro atoms. The minimum Gasteiger partial charge on any atom is -0.489 e. The van der Waals surface area contributed by atoms with E-state index in [1.54, 1.807) is 6.07 Å². The first-order valence-corrected chi connectivity index (χ1v) is 8.39. The van der Waals surface area contributed by atoms with Crippen molar-refractivity contribution in [2.24, 2.45) is 5.92 Å². The standard InChI is InChI=1S/C19H24N2O3/c1-12-18(14(3)24-20-12)11-23-17-7-5-6-16(10-17)19(22)21(4)13(2)15-8-9-15/h5-7,10,13,15H,8-9,11H2,1-4H3. The molecule has 5 heteroatoms. The van der Waals surface area contributed by atoms with Crippen molar-refractivity contribution < 1.29 is 14.1 Å². The maximum atomic E-state index is 12.7. The fourth-order valence-corrected chi connectivity index (χ4v) is 2.87. The Hall–Kier alpha value is -2.30. The predicted octanol–water partition coefficient (Wildman–Crippen LogP) is 3.74. The number of ether oxygens (including phenoxy) is 1. The van der Waals surface area contributed by atoms with E-state index in [2.05, 4.69) is 12.1 Å². The van der Waals surface area contributed by atoms with Gasteiger partial charge in [0.05, 0.1) is 11.3 Å². The van der Waals surface area contributed by atoms with E-state index in [9.17, 15) is 4.79 Å². The van der Waals surface area contributed by atoms with Crippen LogP contribution in [0.1, 0.15) is 47.1 Å². The molecule has 0 bridgehead atoms. The quantitative estimate of drug-likeness (QED) is 0.810. The van der Waals surface area contributed by atoms with Gasteiger partial charge in [0.2, 0.25) is 0 Å². The van der Waals surface area contributed by atoms with Crippen LogP contribution >= 0.6 is 0 Å². The van der Waals surface area contributed by atoms with Gasteiger partial charge in [-0.3, -0.25) is 4.79 Å². The topological polar surface area (TPSA) is 55.6 Å². The molecule has 1 amide bonds. The summed E-state index contributed by atoms with van der Waals surface area (Å²) in [6.45, 7) is 6.26. The van der Waals surface area contributed by atoms with Gasteiger partial charge in [0.15, 0.2) is 0 Å². The number of rotatable bonds is 6. The summed E-state index contributed by atoms with van der Waals surface area (Å²) in [5.41, 5.74) is 2.44. The fraction of sp³-hybridized carbons (Fsp3) is 0.474. The molecule has 1 aromatic carbocycles. The summed E-state index contributed by atoms with van der Waals surface area (Å²) in [6, 6.07) is 7.63. The molecule has 0 saturated heterocycles. The number of hydrogen-bond acceptors (Lipinski definition) is 4. The van der Waals surface area contributed by atoms with Crippen LogP contribution in [0.3, 0.4) is 0 Å². The van der Waals surface area contributed by atoms with Crippen molar-refractivity contribution in [2.75, 3.05) is 7.05 Å². The Morgan fingerprint density at radius 2 is 2.17 bits per heavy atom. The Morgan fingerprint density at radius 1 is 1.42 bits per heavy atom. The molecule has 1 saturated carbocycles. The van der Waals surface area contributed by atoms with Crippen LogP contribution < -0.4 is 4.74 Å². The van der Waals surface area contributed by atoms with Crippen LogP contribution in [0.5, 0.6) is 5.75 Å². The van der Waals surface area contributed by atoms with Crippen molar-refractivity contribution in [3.8, 4) is 5.75 Å². The second-order valence-corrected chi connectivity index (χ2v) is 6.61. The monoisotopic (exact) mass is 328 g/mol. The van der Waals surface area contributed by atoms with E-state index in [-0.39, 0.29) is 11.9 Å². The van der Waals surface area contributed by atoms with Crippen molar-refractivity contribution in [2.45, 2.75) is 46.3 Å². The second-order valence-electron chi connectivity index (χ2n) is 6.61. The van der Waals surface area contributed by atoms with Gasteiger partial charge in [-0.1, -0.05) is 11.2 Å². The SMILES string of the molecule is Cc1noc(C)c1COc1cccc(C(=O)N(C)C(C)C2CC2)c1. The van der Waals surface area contributed by atoms with Crippen molar-refractivity contribution in [3.05, 3.63) is 46.8 Å².